The molecule has 0 N–H and O–H groups in total. The summed E-state index contributed by atoms with van der Waals surface area (Å²) >= 11 is 0. The first kappa shape index (κ1) is 20.6. The standard InChI is InChI=1S/C25H26N4O2/c1-16-9-10-18(3)21(13-16)20-11-12-24(19(4)14-20)31-15-22-17(2)7-6-8-23(22)29-25(30)28(5)26-27-29/h6-14H,15H2,1-5H3. The van der Waals surface area contributed by atoms with Crippen LogP contribution >= 0.6 is 0 Å². The molecule has 0 spiro atoms. The smallest absolute Gasteiger partial charge is 0.368 e. The summed E-state index contributed by atoms with van der Waals surface area (Å²) in [5.74, 6) is 0.815. The molecule has 4 rings (SSSR count). The third kappa shape index (κ3) is 4.01. The quantitative estimate of drug-likeness (QED) is 0.484. The van der Waals surface area contributed by atoms with Crippen LogP contribution in [0, 0.1) is 27.7 Å². The zero-order chi connectivity index (χ0) is 22.1. The Morgan fingerprint density at radius 3 is 2.39 bits per heavy atom. The van der Waals surface area contributed by atoms with Gasteiger partial charge in [-0.05, 0) is 84.1 Å². The maximum Gasteiger partial charge on any atom is 0.368 e. The summed E-state index contributed by atoms with van der Waals surface area (Å²) < 4.78 is 8.71. The summed E-state index contributed by atoms with van der Waals surface area (Å²) in [6.07, 6.45) is 0. The van der Waals surface area contributed by atoms with E-state index in [1.807, 2.05) is 31.2 Å². The van der Waals surface area contributed by atoms with Crippen molar-refractivity contribution in [3.63, 3.8) is 0 Å². The number of nitrogens with zero attached hydrogens (tertiary/aromatic N) is 4. The zero-order valence-corrected chi connectivity index (χ0v) is 18.5. The van der Waals surface area contributed by atoms with Crippen LogP contribution in [0.25, 0.3) is 16.8 Å². The number of hydrogen-bond donors (Lipinski definition) is 0. The van der Waals surface area contributed by atoms with Crippen LogP contribution in [0.5, 0.6) is 5.75 Å². The minimum Gasteiger partial charge on any atom is -0.489 e. The van der Waals surface area contributed by atoms with Gasteiger partial charge in [0.25, 0.3) is 0 Å². The lowest BCUT2D eigenvalue weighted by atomic mass is 9.97. The second kappa shape index (κ2) is 8.22. The van der Waals surface area contributed by atoms with Crippen LogP contribution in [0.4, 0.5) is 0 Å². The first-order valence-corrected chi connectivity index (χ1v) is 10.2. The fourth-order valence-electron chi connectivity index (χ4n) is 3.71. The van der Waals surface area contributed by atoms with Gasteiger partial charge in [-0.3, -0.25) is 0 Å². The van der Waals surface area contributed by atoms with E-state index in [1.165, 1.54) is 31.6 Å². The van der Waals surface area contributed by atoms with Gasteiger partial charge in [-0.25, -0.2) is 4.79 Å². The Hall–Kier alpha value is -3.67. The summed E-state index contributed by atoms with van der Waals surface area (Å²) in [5, 5.41) is 7.81. The van der Waals surface area contributed by atoms with E-state index in [0.717, 1.165) is 22.4 Å². The van der Waals surface area contributed by atoms with Crippen LogP contribution in [-0.4, -0.2) is 19.8 Å². The second-order valence-electron chi connectivity index (χ2n) is 7.96. The lowest BCUT2D eigenvalue weighted by Gasteiger charge is -2.15. The molecule has 1 aromatic heterocycles. The van der Waals surface area contributed by atoms with Gasteiger partial charge in [-0.2, -0.15) is 9.36 Å². The normalized spacial score (nSPS) is 11.0. The molecule has 0 saturated heterocycles. The van der Waals surface area contributed by atoms with E-state index in [4.69, 9.17) is 4.74 Å². The molecule has 6 nitrogen and oxygen atoms in total. The molecule has 0 amide bonds. The van der Waals surface area contributed by atoms with Crippen molar-refractivity contribution in [2.45, 2.75) is 34.3 Å². The van der Waals surface area contributed by atoms with Crippen molar-refractivity contribution in [2.24, 2.45) is 7.05 Å². The highest BCUT2D eigenvalue weighted by molar-refractivity contribution is 5.69. The average Bonchev–Trinajstić information content (AvgIpc) is 3.08. The molecule has 4 aromatic rings. The van der Waals surface area contributed by atoms with Crippen molar-refractivity contribution < 1.29 is 4.74 Å². The molecule has 3 aromatic carbocycles. The Kier molecular flexibility index (Phi) is 5.46. The molecule has 158 valence electrons. The minimum absolute atomic E-state index is 0.291. The summed E-state index contributed by atoms with van der Waals surface area (Å²) in [7, 11) is 1.58. The van der Waals surface area contributed by atoms with Gasteiger partial charge in [0, 0.05) is 12.6 Å². The summed E-state index contributed by atoms with van der Waals surface area (Å²) in [4.78, 5) is 12.3. The fourth-order valence-corrected chi connectivity index (χ4v) is 3.71. The Balaban J connectivity index is 1.63. The Morgan fingerprint density at radius 2 is 1.68 bits per heavy atom. The van der Waals surface area contributed by atoms with Crippen LogP contribution in [0.15, 0.2) is 59.4 Å². The number of rotatable bonds is 5. The predicted molar refractivity (Wildman–Crippen MR) is 122 cm³/mol. The van der Waals surface area contributed by atoms with Crippen molar-refractivity contribution in [3.05, 3.63) is 92.9 Å². The van der Waals surface area contributed by atoms with Crippen molar-refractivity contribution >= 4 is 0 Å². The van der Waals surface area contributed by atoms with Gasteiger partial charge >= 0.3 is 5.69 Å². The van der Waals surface area contributed by atoms with E-state index >= 15 is 0 Å². The molecule has 0 atom stereocenters. The average molecular weight is 415 g/mol. The lowest BCUT2D eigenvalue weighted by molar-refractivity contribution is 0.302. The minimum atomic E-state index is -0.291. The number of hydrogen-bond acceptors (Lipinski definition) is 4. The molecule has 0 aliphatic heterocycles. The highest BCUT2D eigenvalue weighted by Gasteiger charge is 2.14. The van der Waals surface area contributed by atoms with Gasteiger partial charge in [0.15, 0.2) is 0 Å². The number of ether oxygens (including phenoxy) is 1. The second-order valence-corrected chi connectivity index (χ2v) is 7.96. The third-order valence-electron chi connectivity index (χ3n) is 5.59. The topological polar surface area (TPSA) is 61.9 Å². The van der Waals surface area contributed by atoms with Gasteiger partial charge in [-0.1, -0.05) is 42.0 Å². The molecule has 0 aliphatic rings. The number of tetrazole rings is 1. The van der Waals surface area contributed by atoms with Crippen molar-refractivity contribution in [2.75, 3.05) is 0 Å². The van der Waals surface area contributed by atoms with Gasteiger partial charge in [0.1, 0.15) is 12.4 Å². The van der Waals surface area contributed by atoms with Crippen molar-refractivity contribution in [3.8, 4) is 22.6 Å². The first-order chi connectivity index (χ1) is 14.8. The first-order valence-electron chi connectivity index (χ1n) is 10.2. The van der Waals surface area contributed by atoms with E-state index in [-0.39, 0.29) is 5.69 Å². The maximum absolute atomic E-state index is 12.3. The molecular formula is C25H26N4O2. The Bertz CT molecular complexity index is 1320. The lowest BCUT2D eigenvalue weighted by Crippen LogP contribution is -2.23. The van der Waals surface area contributed by atoms with Gasteiger partial charge in [0.2, 0.25) is 0 Å². The molecule has 31 heavy (non-hydrogen) atoms. The zero-order valence-electron chi connectivity index (χ0n) is 18.5. The molecule has 0 saturated carbocycles. The summed E-state index contributed by atoms with van der Waals surface area (Å²) in [6.45, 7) is 8.61. The third-order valence-corrected chi connectivity index (χ3v) is 5.59. The van der Waals surface area contributed by atoms with Gasteiger partial charge in [0.05, 0.1) is 5.69 Å². The van der Waals surface area contributed by atoms with Crippen molar-refractivity contribution in [1.29, 1.82) is 0 Å². The molecule has 0 unspecified atom stereocenters. The molecule has 6 heteroatoms. The van der Waals surface area contributed by atoms with E-state index in [2.05, 4.69) is 61.5 Å². The largest absolute Gasteiger partial charge is 0.489 e. The van der Waals surface area contributed by atoms with Crippen LogP contribution in [0.3, 0.4) is 0 Å². The van der Waals surface area contributed by atoms with Gasteiger partial charge < -0.3 is 4.74 Å². The number of aromatic nitrogens is 4. The summed E-state index contributed by atoms with van der Waals surface area (Å²) in [6, 6.07) is 18.5. The molecule has 0 fully saturated rings. The highest BCUT2D eigenvalue weighted by atomic mass is 16.5. The summed E-state index contributed by atoms with van der Waals surface area (Å²) in [5.41, 5.74) is 8.28. The number of aryl methyl sites for hydroxylation is 5. The van der Waals surface area contributed by atoms with Crippen LogP contribution < -0.4 is 10.4 Å². The van der Waals surface area contributed by atoms with E-state index in [9.17, 15) is 4.79 Å². The van der Waals surface area contributed by atoms with E-state index in [0.29, 0.717) is 12.3 Å². The van der Waals surface area contributed by atoms with Crippen LogP contribution in [0.2, 0.25) is 0 Å². The number of benzene rings is 3. The molecular weight excluding hydrogens is 388 g/mol. The van der Waals surface area contributed by atoms with Gasteiger partial charge in [-0.15, -0.1) is 0 Å². The Labute approximate surface area is 181 Å². The predicted octanol–water partition coefficient (Wildman–Crippen LogP) is 4.45. The maximum atomic E-state index is 12.3. The molecule has 0 aliphatic carbocycles. The van der Waals surface area contributed by atoms with Crippen LogP contribution in [-0.2, 0) is 13.7 Å². The molecule has 0 radical (unpaired) electrons. The van der Waals surface area contributed by atoms with E-state index in [1.54, 1.807) is 7.05 Å². The van der Waals surface area contributed by atoms with E-state index < -0.39 is 0 Å². The highest BCUT2D eigenvalue weighted by Crippen LogP contribution is 2.30. The molecule has 1 heterocycles. The Morgan fingerprint density at radius 1 is 0.871 bits per heavy atom. The van der Waals surface area contributed by atoms with Crippen molar-refractivity contribution in [1.82, 2.24) is 19.8 Å². The fraction of sp³-hybridized carbons (Fsp3) is 0.240. The van der Waals surface area contributed by atoms with Crippen LogP contribution in [0.1, 0.15) is 27.8 Å². The monoisotopic (exact) mass is 414 g/mol. The molecule has 0 bridgehead atoms. The SMILES string of the molecule is Cc1ccc(C)c(-c2ccc(OCc3c(C)cccc3-n3nnn(C)c3=O)c(C)c2)c1.